The van der Waals surface area contributed by atoms with E-state index in [0.29, 0.717) is 0 Å². The predicted molar refractivity (Wildman–Crippen MR) is 36.8 cm³/mol. The van der Waals surface area contributed by atoms with E-state index >= 15 is 0 Å². The van der Waals surface area contributed by atoms with Gasteiger partial charge in [-0.25, -0.2) is 0 Å². The average Bonchev–Trinajstić information content (AvgIpc) is 2.03. The van der Waals surface area contributed by atoms with Gasteiger partial charge in [0.05, 0.1) is 11.9 Å². The molecular formula is C7H7K2NO5. The molecule has 72 valence electrons. The molecule has 0 aliphatic heterocycles. The molecule has 0 fully saturated rings. The summed E-state index contributed by atoms with van der Waals surface area (Å²) in [7, 11) is 0. The molecule has 0 atom stereocenters. The smallest absolute Gasteiger partial charge is 0.547 e. The Bertz CT molecular complexity index is 265. The van der Waals surface area contributed by atoms with Crippen LogP contribution in [0.3, 0.4) is 0 Å². The summed E-state index contributed by atoms with van der Waals surface area (Å²) >= 11 is 0. The normalized spacial score (nSPS) is 8.87. The van der Waals surface area contributed by atoms with Crippen molar-refractivity contribution >= 4 is 17.8 Å². The molecule has 0 aliphatic rings. The minimum atomic E-state index is -2.54. The maximum absolute atomic E-state index is 10.6. The molecular weight excluding hydrogens is 256 g/mol. The molecule has 0 aromatic heterocycles. The van der Waals surface area contributed by atoms with Crippen LogP contribution in [0.1, 0.15) is 6.92 Å². The van der Waals surface area contributed by atoms with Crippen molar-refractivity contribution in [2.24, 2.45) is 0 Å². The van der Waals surface area contributed by atoms with E-state index in [9.17, 15) is 24.6 Å². The number of carbonyl (C=O) groups excluding carboxylic acids is 3. The molecule has 1 amide bonds. The maximum Gasteiger partial charge on any atom is 1.00 e. The number of carboxylic acid groups (broad SMARTS) is 2. The van der Waals surface area contributed by atoms with Gasteiger partial charge in [-0.3, -0.25) is 4.79 Å². The number of rotatable bonds is 4. The van der Waals surface area contributed by atoms with Crippen LogP contribution in [0, 0.1) is 0 Å². The second-order valence-corrected chi connectivity index (χ2v) is 2.39. The zero-order valence-corrected chi connectivity index (χ0v) is 15.1. The molecule has 0 radical (unpaired) electrons. The Morgan fingerprint density at radius 2 is 1.53 bits per heavy atom. The Labute approximate surface area is 172 Å². The molecule has 0 unspecified atom stereocenters. The first-order chi connectivity index (χ1) is 5.84. The van der Waals surface area contributed by atoms with Crippen molar-refractivity contribution in [1.29, 1.82) is 0 Å². The van der Waals surface area contributed by atoms with E-state index in [2.05, 4.69) is 6.58 Å². The summed E-state index contributed by atoms with van der Waals surface area (Å²) in [6.45, 7) is 3.77. The van der Waals surface area contributed by atoms with Gasteiger partial charge in [-0.15, -0.1) is 0 Å². The monoisotopic (exact) mass is 263 g/mol. The Kier molecular flexibility index (Phi) is 13.7. The van der Waals surface area contributed by atoms with E-state index < -0.39 is 23.4 Å². The number of carbonyl (C=O) groups is 3. The Hall–Kier alpha value is 1.42. The van der Waals surface area contributed by atoms with Crippen molar-refractivity contribution in [3.05, 3.63) is 12.7 Å². The van der Waals surface area contributed by atoms with E-state index in [0.717, 1.165) is 13.0 Å². The summed E-state index contributed by atoms with van der Waals surface area (Å²) in [5, 5.41) is 22.3. The number of nitrogens with one attached hydrogen (secondary N) is 1. The molecule has 0 spiro atoms. The van der Waals surface area contributed by atoms with E-state index in [4.69, 9.17) is 0 Å². The van der Waals surface area contributed by atoms with Gasteiger partial charge in [0, 0.05) is 0 Å². The van der Waals surface area contributed by atoms with Gasteiger partial charge in [0.1, 0.15) is 5.54 Å². The molecule has 0 heterocycles. The average molecular weight is 263 g/mol. The summed E-state index contributed by atoms with van der Waals surface area (Å²) in [5.74, 6) is -4.85. The molecule has 6 nitrogen and oxygen atoms in total. The van der Waals surface area contributed by atoms with Crippen molar-refractivity contribution in [3.8, 4) is 0 Å². The number of hydrogen-bond acceptors (Lipinski definition) is 5. The molecule has 0 aromatic rings. The Balaban J connectivity index is -0.000000720. The molecule has 0 bridgehead atoms. The van der Waals surface area contributed by atoms with Crippen LogP contribution in [0.4, 0.5) is 0 Å². The fourth-order valence-corrected chi connectivity index (χ4v) is 0.483. The van der Waals surface area contributed by atoms with Gasteiger partial charge < -0.3 is 25.1 Å². The zero-order chi connectivity index (χ0) is 10.6. The minimum absolute atomic E-state index is 0. The Morgan fingerprint density at radius 1 is 1.20 bits per heavy atom. The predicted octanol–water partition coefficient (Wildman–Crippen LogP) is -9.44. The zero-order valence-electron chi connectivity index (χ0n) is 8.83. The van der Waals surface area contributed by atoms with Crippen LogP contribution in [0.5, 0.6) is 0 Å². The van der Waals surface area contributed by atoms with Crippen molar-refractivity contribution in [1.82, 2.24) is 5.32 Å². The van der Waals surface area contributed by atoms with Gasteiger partial charge in [-0.05, 0) is 13.0 Å². The second-order valence-electron chi connectivity index (χ2n) is 2.39. The van der Waals surface area contributed by atoms with Crippen LogP contribution in [0.25, 0.3) is 0 Å². The van der Waals surface area contributed by atoms with Crippen molar-refractivity contribution in [2.75, 3.05) is 0 Å². The number of hydrogen-bond donors (Lipinski definition) is 1. The molecule has 0 saturated heterocycles. The maximum atomic E-state index is 10.6. The number of aliphatic carboxylic acids is 2. The summed E-state index contributed by atoms with van der Waals surface area (Å²) in [5.41, 5.74) is -2.54. The fraction of sp³-hybridized carbons (Fsp3) is 0.286. The standard InChI is InChI=1S/C7H9NO5.2K/c1-3-4(9)8-7(2,5(10)11)6(12)13;;/h3H,1H2,2H3,(H,8,9)(H,10,11)(H,12,13);;/q;2*+1/p-2. The van der Waals surface area contributed by atoms with Gasteiger partial charge in [0.2, 0.25) is 5.91 Å². The first-order valence-electron chi connectivity index (χ1n) is 3.22. The molecule has 0 saturated carbocycles. The van der Waals surface area contributed by atoms with Crippen LogP contribution < -0.4 is 118 Å². The van der Waals surface area contributed by atoms with Crippen LogP contribution in [-0.4, -0.2) is 23.4 Å². The quantitative estimate of drug-likeness (QED) is 0.308. The van der Waals surface area contributed by atoms with Crippen LogP contribution >= 0.6 is 0 Å². The van der Waals surface area contributed by atoms with Crippen LogP contribution in [0.15, 0.2) is 12.7 Å². The number of carboxylic acids is 2. The molecule has 1 N–H and O–H groups in total. The Morgan fingerprint density at radius 3 is 1.73 bits per heavy atom. The summed E-state index contributed by atoms with van der Waals surface area (Å²) in [6.07, 6.45) is 0.740. The van der Waals surface area contributed by atoms with Crippen LogP contribution in [-0.2, 0) is 14.4 Å². The van der Waals surface area contributed by atoms with Gasteiger partial charge in [0.25, 0.3) is 0 Å². The topological polar surface area (TPSA) is 109 Å². The third kappa shape index (κ3) is 6.66. The van der Waals surface area contributed by atoms with Gasteiger partial charge in [-0.1, -0.05) is 6.58 Å². The summed E-state index contributed by atoms with van der Waals surface area (Å²) in [6, 6.07) is 0. The van der Waals surface area contributed by atoms with E-state index in [1.54, 1.807) is 5.32 Å². The number of amides is 1. The van der Waals surface area contributed by atoms with Crippen molar-refractivity contribution < 1.29 is 127 Å². The molecule has 0 rings (SSSR count). The van der Waals surface area contributed by atoms with Crippen molar-refractivity contribution in [3.63, 3.8) is 0 Å². The minimum Gasteiger partial charge on any atom is -0.547 e. The molecule has 15 heavy (non-hydrogen) atoms. The second kappa shape index (κ2) is 9.45. The molecule has 8 heteroatoms. The molecule has 0 aromatic carbocycles. The van der Waals surface area contributed by atoms with Gasteiger partial charge in [-0.2, -0.15) is 0 Å². The van der Waals surface area contributed by atoms with Crippen LogP contribution in [0.2, 0.25) is 0 Å². The summed E-state index contributed by atoms with van der Waals surface area (Å²) < 4.78 is 0. The summed E-state index contributed by atoms with van der Waals surface area (Å²) in [4.78, 5) is 31.3. The van der Waals surface area contributed by atoms with Gasteiger partial charge >= 0.3 is 103 Å². The fourth-order valence-electron chi connectivity index (χ4n) is 0.483. The van der Waals surface area contributed by atoms with E-state index in [-0.39, 0.29) is 103 Å². The van der Waals surface area contributed by atoms with E-state index in [1.807, 2.05) is 0 Å². The third-order valence-electron chi connectivity index (χ3n) is 1.38. The first kappa shape index (κ1) is 21.7. The first-order valence-corrected chi connectivity index (χ1v) is 3.22. The largest absolute Gasteiger partial charge is 1.00 e. The third-order valence-corrected chi connectivity index (χ3v) is 1.38. The van der Waals surface area contributed by atoms with Gasteiger partial charge in [0.15, 0.2) is 0 Å². The van der Waals surface area contributed by atoms with E-state index in [1.165, 1.54) is 0 Å². The molecule has 0 aliphatic carbocycles. The van der Waals surface area contributed by atoms with Crippen molar-refractivity contribution in [2.45, 2.75) is 12.5 Å². The SMILES string of the molecule is C=CC(=O)NC(C)(C(=O)[O-])C(=O)[O-].[K+].[K+].